The van der Waals surface area contributed by atoms with Crippen LogP contribution in [0.25, 0.3) is 0 Å². The van der Waals surface area contributed by atoms with Gasteiger partial charge in [0.2, 0.25) is 9.05 Å². The molecule has 1 atom stereocenters. The smallest absolute Gasteiger partial charge is 0.232 e. The maximum atomic E-state index is 10.8. The molecule has 0 N–H and O–H groups in total. The number of hydrogen-bond acceptors (Lipinski definition) is 4. The number of rotatable bonds is 10. The zero-order valence-corrected chi connectivity index (χ0v) is 13.3. The standard InChI is InChI=1S/C12H25ClO4S/c1-11(6-10-18(13,14)15)5-8-17-9-7-12(2,3)16-4/h11H,5-10H2,1-4H3. The molecule has 0 aromatic heterocycles. The monoisotopic (exact) mass is 300 g/mol. The normalized spacial score (nSPS) is 14.7. The van der Waals surface area contributed by atoms with Crippen molar-refractivity contribution in [2.45, 2.75) is 45.6 Å². The van der Waals surface area contributed by atoms with E-state index in [1.165, 1.54) is 0 Å². The minimum Gasteiger partial charge on any atom is -0.381 e. The van der Waals surface area contributed by atoms with Crippen LogP contribution in [0.2, 0.25) is 0 Å². The van der Waals surface area contributed by atoms with Gasteiger partial charge in [0.15, 0.2) is 0 Å². The van der Waals surface area contributed by atoms with Gasteiger partial charge in [-0.2, -0.15) is 0 Å². The van der Waals surface area contributed by atoms with Crippen molar-refractivity contribution >= 4 is 19.7 Å². The summed E-state index contributed by atoms with van der Waals surface area (Å²) in [7, 11) is 3.48. The predicted octanol–water partition coefficient (Wildman–Crippen LogP) is 2.80. The van der Waals surface area contributed by atoms with Gasteiger partial charge in [0.05, 0.1) is 11.4 Å². The van der Waals surface area contributed by atoms with Crippen molar-refractivity contribution in [2.24, 2.45) is 5.92 Å². The van der Waals surface area contributed by atoms with E-state index in [-0.39, 0.29) is 11.4 Å². The van der Waals surface area contributed by atoms with Gasteiger partial charge < -0.3 is 9.47 Å². The lowest BCUT2D eigenvalue weighted by Crippen LogP contribution is -2.24. The Kier molecular flexibility index (Phi) is 8.43. The number of halogens is 1. The molecule has 0 aliphatic rings. The highest BCUT2D eigenvalue weighted by molar-refractivity contribution is 8.13. The highest BCUT2D eigenvalue weighted by Gasteiger charge is 2.15. The SMILES string of the molecule is COC(C)(C)CCOCCC(C)CCS(=O)(=O)Cl. The molecule has 0 saturated heterocycles. The molecule has 0 bridgehead atoms. The van der Waals surface area contributed by atoms with Gasteiger partial charge >= 0.3 is 0 Å². The summed E-state index contributed by atoms with van der Waals surface area (Å²) in [5, 5.41) is 0. The molecule has 0 radical (unpaired) electrons. The summed E-state index contributed by atoms with van der Waals surface area (Å²) in [4.78, 5) is 0. The Morgan fingerprint density at radius 3 is 2.33 bits per heavy atom. The molecular weight excluding hydrogens is 276 g/mol. The van der Waals surface area contributed by atoms with Crippen molar-refractivity contribution in [3.05, 3.63) is 0 Å². The quantitative estimate of drug-likeness (QED) is 0.460. The molecule has 0 amide bonds. The summed E-state index contributed by atoms with van der Waals surface area (Å²) in [6, 6.07) is 0. The third kappa shape index (κ3) is 11.3. The molecule has 18 heavy (non-hydrogen) atoms. The second kappa shape index (κ2) is 8.35. The van der Waals surface area contributed by atoms with Gasteiger partial charge in [0.25, 0.3) is 0 Å². The lowest BCUT2D eigenvalue weighted by molar-refractivity contribution is -0.0110. The molecule has 0 aromatic carbocycles. The van der Waals surface area contributed by atoms with Crippen molar-refractivity contribution < 1.29 is 17.9 Å². The summed E-state index contributed by atoms with van der Waals surface area (Å²) in [5.74, 6) is 0.334. The van der Waals surface area contributed by atoms with Crippen LogP contribution < -0.4 is 0 Å². The van der Waals surface area contributed by atoms with Crippen LogP contribution in [0, 0.1) is 5.92 Å². The van der Waals surface area contributed by atoms with Gasteiger partial charge in [-0.1, -0.05) is 6.92 Å². The average Bonchev–Trinajstić information content (AvgIpc) is 2.25. The average molecular weight is 301 g/mol. The first-order chi connectivity index (χ1) is 8.16. The zero-order valence-electron chi connectivity index (χ0n) is 11.7. The summed E-state index contributed by atoms with van der Waals surface area (Å²) in [6.45, 7) is 7.34. The van der Waals surface area contributed by atoms with Gasteiger partial charge in [-0.25, -0.2) is 8.42 Å². The fourth-order valence-corrected chi connectivity index (χ4v) is 2.24. The Morgan fingerprint density at radius 2 is 1.83 bits per heavy atom. The third-order valence-electron chi connectivity index (χ3n) is 3.01. The molecule has 6 heteroatoms. The van der Waals surface area contributed by atoms with Crippen molar-refractivity contribution in [3.63, 3.8) is 0 Å². The van der Waals surface area contributed by atoms with E-state index in [0.29, 0.717) is 25.6 Å². The second-order valence-electron chi connectivity index (χ2n) is 5.25. The first-order valence-corrected chi connectivity index (χ1v) is 8.69. The maximum Gasteiger partial charge on any atom is 0.232 e. The predicted molar refractivity (Wildman–Crippen MR) is 74.6 cm³/mol. The maximum absolute atomic E-state index is 10.8. The van der Waals surface area contributed by atoms with E-state index in [0.717, 1.165) is 12.8 Å². The zero-order chi connectivity index (χ0) is 14.2. The fraction of sp³-hybridized carbons (Fsp3) is 1.00. The van der Waals surface area contributed by atoms with Gasteiger partial charge in [0, 0.05) is 31.0 Å². The Morgan fingerprint density at radius 1 is 1.22 bits per heavy atom. The molecule has 4 nitrogen and oxygen atoms in total. The molecule has 0 rings (SSSR count). The molecule has 0 aromatic rings. The van der Waals surface area contributed by atoms with Gasteiger partial charge in [-0.05, 0) is 39.0 Å². The number of methoxy groups -OCH3 is 1. The highest BCUT2D eigenvalue weighted by Crippen LogP contribution is 2.14. The van der Waals surface area contributed by atoms with Gasteiger partial charge in [-0.3, -0.25) is 0 Å². The second-order valence-corrected chi connectivity index (χ2v) is 8.15. The lowest BCUT2D eigenvalue weighted by Gasteiger charge is -2.22. The molecule has 110 valence electrons. The third-order valence-corrected chi connectivity index (χ3v) is 4.20. The first kappa shape index (κ1) is 18.2. The van der Waals surface area contributed by atoms with Crippen LogP contribution in [0.1, 0.15) is 40.0 Å². The summed E-state index contributed by atoms with van der Waals surface area (Å²) >= 11 is 0. The van der Waals surface area contributed by atoms with Crippen LogP contribution in [0.5, 0.6) is 0 Å². The topological polar surface area (TPSA) is 52.6 Å². The van der Waals surface area contributed by atoms with Crippen LogP contribution in [0.15, 0.2) is 0 Å². The molecule has 0 aliphatic heterocycles. The molecular formula is C12H25ClO4S. The van der Waals surface area contributed by atoms with E-state index in [4.69, 9.17) is 20.2 Å². The van der Waals surface area contributed by atoms with Crippen molar-refractivity contribution in [3.8, 4) is 0 Å². The summed E-state index contributed by atoms with van der Waals surface area (Å²) in [5.41, 5.74) is -0.154. The van der Waals surface area contributed by atoms with Crippen LogP contribution >= 0.6 is 10.7 Å². The fourth-order valence-electron chi connectivity index (χ4n) is 1.29. The van der Waals surface area contributed by atoms with Crippen LogP contribution in [0.3, 0.4) is 0 Å². The Balaban J connectivity index is 3.55. The Hall–Kier alpha value is 0.160. The number of hydrogen-bond donors (Lipinski definition) is 0. The molecule has 0 spiro atoms. The van der Waals surface area contributed by atoms with E-state index in [2.05, 4.69) is 0 Å². The minimum atomic E-state index is -3.36. The molecule has 0 fully saturated rings. The number of ether oxygens (including phenoxy) is 2. The van der Waals surface area contributed by atoms with Crippen LogP contribution in [-0.2, 0) is 18.5 Å². The van der Waals surface area contributed by atoms with E-state index >= 15 is 0 Å². The largest absolute Gasteiger partial charge is 0.381 e. The minimum absolute atomic E-state index is 0.0342. The van der Waals surface area contributed by atoms with Crippen LogP contribution in [-0.4, -0.2) is 40.1 Å². The van der Waals surface area contributed by atoms with Crippen molar-refractivity contribution in [2.75, 3.05) is 26.1 Å². The van der Waals surface area contributed by atoms with E-state index < -0.39 is 9.05 Å². The Bertz CT molecular complexity index is 314. The summed E-state index contributed by atoms with van der Waals surface area (Å²) < 4.78 is 32.3. The first-order valence-electron chi connectivity index (χ1n) is 6.21. The van der Waals surface area contributed by atoms with E-state index in [1.54, 1.807) is 7.11 Å². The van der Waals surface area contributed by atoms with Gasteiger partial charge in [0.1, 0.15) is 0 Å². The van der Waals surface area contributed by atoms with Gasteiger partial charge in [-0.15, -0.1) is 0 Å². The molecule has 0 heterocycles. The van der Waals surface area contributed by atoms with E-state index in [1.807, 2.05) is 20.8 Å². The highest BCUT2D eigenvalue weighted by atomic mass is 35.7. The van der Waals surface area contributed by atoms with Crippen molar-refractivity contribution in [1.82, 2.24) is 0 Å². The lowest BCUT2D eigenvalue weighted by atomic mass is 10.1. The summed E-state index contributed by atoms with van der Waals surface area (Å²) in [6.07, 6.45) is 2.27. The molecule has 0 aliphatic carbocycles. The van der Waals surface area contributed by atoms with E-state index in [9.17, 15) is 8.42 Å². The Labute approximate surface area is 115 Å². The molecule has 0 saturated carbocycles. The molecule has 1 unspecified atom stereocenters. The van der Waals surface area contributed by atoms with Crippen LogP contribution in [0.4, 0.5) is 0 Å². The van der Waals surface area contributed by atoms with Crippen molar-refractivity contribution in [1.29, 1.82) is 0 Å².